The van der Waals surface area contributed by atoms with Gasteiger partial charge < -0.3 is 24.8 Å². The van der Waals surface area contributed by atoms with Gasteiger partial charge in [-0.25, -0.2) is 9.59 Å². The highest BCUT2D eigenvalue weighted by Crippen LogP contribution is 2.36. The Hall–Kier alpha value is -3.19. The second kappa shape index (κ2) is 11.6. The number of allylic oxidation sites excluding steroid dienone is 1. The van der Waals surface area contributed by atoms with Crippen molar-refractivity contribution in [1.29, 1.82) is 0 Å². The van der Waals surface area contributed by atoms with Crippen LogP contribution in [0, 0.1) is 0 Å². The second-order valence-corrected chi connectivity index (χ2v) is 7.95. The summed E-state index contributed by atoms with van der Waals surface area (Å²) in [6.45, 7) is 4.62. The van der Waals surface area contributed by atoms with Gasteiger partial charge in [-0.2, -0.15) is 0 Å². The zero-order valence-corrected chi connectivity index (χ0v) is 19.8. The maximum absolute atomic E-state index is 12.7. The summed E-state index contributed by atoms with van der Waals surface area (Å²) in [6, 6.07) is 11.8. The van der Waals surface area contributed by atoms with Crippen molar-refractivity contribution in [1.82, 2.24) is 10.6 Å². The summed E-state index contributed by atoms with van der Waals surface area (Å²) in [7, 11) is 1.33. The molecular weight excluding hydrogens is 444 g/mol. The van der Waals surface area contributed by atoms with Gasteiger partial charge in [0.2, 0.25) is 0 Å². The largest absolute Gasteiger partial charge is 0.490 e. The predicted octanol–water partition coefficient (Wildman–Crippen LogP) is 5.29. The quantitative estimate of drug-likeness (QED) is 0.459. The smallest absolute Gasteiger partial charge is 0.337 e. The molecule has 0 radical (unpaired) electrons. The Kier molecular flexibility index (Phi) is 8.60. The molecule has 3 rings (SSSR count). The maximum Gasteiger partial charge on any atom is 0.337 e. The highest BCUT2D eigenvalue weighted by molar-refractivity contribution is 6.31. The molecule has 176 valence electrons. The van der Waals surface area contributed by atoms with Crippen molar-refractivity contribution < 1.29 is 23.8 Å². The van der Waals surface area contributed by atoms with E-state index in [1.165, 1.54) is 7.11 Å². The Bertz CT molecular complexity index is 1040. The molecule has 2 amide bonds. The number of unbranched alkanes of at least 4 members (excludes halogenated alkanes) is 1. The molecule has 7 nitrogen and oxygen atoms in total. The predicted molar refractivity (Wildman–Crippen MR) is 126 cm³/mol. The molecule has 33 heavy (non-hydrogen) atoms. The van der Waals surface area contributed by atoms with E-state index in [1.807, 2.05) is 31.2 Å². The van der Waals surface area contributed by atoms with Crippen LogP contribution in [0.3, 0.4) is 0 Å². The first-order valence-corrected chi connectivity index (χ1v) is 11.4. The summed E-state index contributed by atoms with van der Waals surface area (Å²) in [5, 5.41) is 6.23. The third-order valence-corrected chi connectivity index (χ3v) is 5.65. The number of carbonyl (C=O) groups is 2. The fraction of sp³-hybridized carbons (Fsp3) is 0.360. The summed E-state index contributed by atoms with van der Waals surface area (Å²) in [5.74, 6) is 0.556. The van der Waals surface area contributed by atoms with E-state index in [2.05, 4.69) is 17.6 Å². The number of esters is 1. The van der Waals surface area contributed by atoms with E-state index in [0.717, 1.165) is 18.4 Å². The first-order valence-electron chi connectivity index (χ1n) is 11.0. The van der Waals surface area contributed by atoms with E-state index >= 15 is 0 Å². The zero-order chi connectivity index (χ0) is 23.8. The molecule has 1 aliphatic rings. The number of ether oxygens (including phenoxy) is 3. The summed E-state index contributed by atoms with van der Waals surface area (Å²) in [4.78, 5) is 25.0. The average molecular weight is 473 g/mol. The lowest BCUT2D eigenvalue weighted by Crippen LogP contribution is -2.45. The molecule has 1 heterocycles. The number of methoxy groups -OCH3 is 1. The number of nitrogens with one attached hydrogen (secondary N) is 2. The van der Waals surface area contributed by atoms with E-state index in [1.54, 1.807) is 18.2 Å². The lowest BCUT2D eigenvalue weighted by atomic mass is 9.93. The van der Waals surface area contributed by atoms with Gasteiger partial charge in [0, 0.05) is 16.3 Å². The number of carbonyl (C=O) groups excluding carboxylic acids is 2. The van der Waals surface area contributed by atoms with Crippen LogP contribution in [0.5, 0.6) is 11.5 Å². The first kappa shape index (κ1) is 24.5. The van der Waals surface area contributed by atoms with Crippen molar-refractivity contribution in [3.63, 3.8) is 0 Å². The van der Waals surface area contributed by atoms with Crippen LogP contribution in [0.4, 0.5) is 4.79 Å². The molecule has 0 aliphatic carbocycles. The van der Waals surface area contributed by atoms with Gasteiger partial charge in [-0.3, -0.25) is 0 Å². The number of amides is 2. The number of urea groups is 1. The Balaban J connectivity index is 1.94. The van der Waals surface area contributed by atoms with Crippen LogP contribution in [-0.2, 0) is 16.1 Å². The summed E-state index contributed by atoms with van der Waals surface area (Å²) in [6.07, 6.45) is 2.34. The molecule has 0 saturated carbocycles. The van der Waals surface area contributed by atoms with Gasteiger partial charge in [0.05, 0.1) is 25.3 Å². The van der Waals surface area contributed by atoms with Crippen LogP contribution in [0.25, 0.3) is 0 Å². The van der Waals surface area contributed by atoms with Crippen molar-refractivity contribution in [3.05, 3.63) is 69.9 Å². The number of halogens is 1. The van der Waals surface area contributed by atoms with Crippen LogP contribution in [0.15, 0.2) is 53.7 Å². The molecule has 0 spiro atoms. The molecule has 0 bridgehead atoms. The van der Waals surface area contributed by atoms with Crippen molar-refractivity contribution in [2.75, 3.05) is 13.7 Å². The molecular formula is C25H29ClN2O5. The fourth-order valence-corrected chi connectivity index (χ4v) is 3.82. The molecule has 1 atom stereocenters. The Morgan fingerprint density at radius 3 is 2.58 bits per heavy atom. The second-order valence-electron chi connectivity index (χ2n) is 7.54. The molecule has 0 saturated heterocycles. The molecule has 1 aliphatic heterocycles. The van der Waals surface area contributed by atoms with E-state index in [9.17, 15) is 9.59 Å². The zero-order valence-electron chi connectivity index (χ0n) is 19.1. The lowest BCUT2D eigenvalue weighted by molar-refractivity contribution is -0.136. The van der Waals surface area contributed by atoms with Crippen LogP contribution >= 0.6 is 11.6 Å². The highest BCUT2D eigenvalue weighted by atomic mass is 35.5. The topological polar surface area (TPSA) is 85.9 Å². The molecule has 2 N–H and O–H groups in total. The van der Waals surface area contributed by atoms with E-state index in [4.69, 9.17) is 25.8 Å². The summed E-state index contributed by atoms with van der Waals surface area (Å²) < 4.78 is 16.8. The minimum Gasteiger partial charge on any atom is -0.490 e. The maximum atomic E-state index is 12.7. The Morgan fingerprint density at radius 2 is 1.88 bits per heavy atom. The summed E-state index contributed by atoms with van der Waals surface area (Å²) >= 11 is 6.23. The van der Waals surface area contributed by atoms with Gasteiger partial charge >= 0.3 is 12.0 Å². The van der Waals surface area contributed by atoms with Gasteiger partial charge in [-0.1, -0.05) is 49.2 Å². The molecule has 2 aromatic carbocycles. The number of benzene rings is 2. The third-order valence-electron chi connectivity index (χ3n) is 5.28. The third kappa shape index (κ3) is 5.99. The van der Waals surface area contributed by atoms with Gasteiger partial charge in [0.25, 0.3) is 0 Å². The standard InChI is InChI=1S/C25H29ClN2O5/c1-4-6-11-19-22(24(29)31-3)23(28-25(30)27-19)16-12-13-20(21(14-16)32-5-2)33-15-17-9-7-8-10-18(17)26/h7-10,12-14,23H,4-6,11,15H2,1-3H3,(H2,27,28,30). The van der Waals surface area contributed by atoms with E-state index < -0.39 is 12.0 Å². The van der Waals surface area contributed by atoms with Gasteiger partial charge in [0.15, 0.2) is 11.5 Å². The van der Waals surface area contributed by atoms with E-state index in [-0.39, 0.29) is 12.6 Å². The number of hydrogen-bond donors (Lipinski definition) is 2. The van der Waals surface area contributed by atoms with Crippen molar-refractivity contribution in [2.24, 2.45) is 0 Å². The minimum absolute atomic E-state index is 0.275. The van der Waals surface area contributed by atoms with Crippen LogP contribution in [0.1, 0.15) is 50.3 Å². The average Bonchev–Trinajstić information content (AvgIpc) is 2.82. The highest BCUT2D eigenvalue weighted by Gasteiger charge is 2.33. The molecule has 0 aromatic heterocycles. The molecule has 1 unspecified atom stereocenters. The molecule has 8 heteroatoms. The number of hydrogen-bond acceptors (Lipinski definition) is 5. The first-order chi connectivity index (χ1) is 16.0. The van der Waals surface area contributed by atoms with Crippen LogP contribution in [0.2, 0.25) is 5.02 Å². The molecule has 0 fully saturated rings. The summed E-state index contributed by atoms with van der Waals surface area (Å²) in [5.41, 5.74) is 2.51. The van der Waals surface area contributed by atoms with Gasteiger partial charge in [-0.15, -0.1) is 0 Å². The van der Waals surface area contributed by atoms with Crippen LogP contribution in [-0.4, -0.2) is 25.7 Å². The Morgan fingerprint density at radius 1 is 1.09 bits per heavy atom. The minimum atomic E-state index is -0.671. The van der Waals surface area contributed by atoms with Crippen molar-refractivity contribution in [3.8, 4) is 11.5 Å². The number of rotatable bonds is 10. The lowest BCUT2D eigenvalue weighted by Gasteiger charge is -2.29. The van der Waals surface area contributed by atoms with Gasteiger partial charge in [0.1, 0.15) is 6.61 Å². The SMILES string of the molecule is CCCCC1=C(C(=O)OC)C(c2ccc(OCc3ccccc3Cl)c(OCC)c2)NC(=O)N1. The fourth-order valence-electron chi connectivity index (χ4n) is 3.63. The van der Waals surface area contributed by atoms with Crippen LogP contribution < -0.4 is 20.1 Å². The Labute approximate surface area is 199 Å². The van der Waals surface area contributed by atoms with Crippen molar-refractivity contribution >= 4 is 23.6 Å². The normalized spacial score (nSPS) is 15.5. The van der Waals surface area contributed by atoms with E-state index in [0.29, 0.717) is 46.4 Å². The monoisotopic (exact) mass is 472 g/mol. The molecule has 2 aromatic rings. The van der Waals surface area contributed by atoms with Gasteiger partial charge in [-0.05, 0) is 43.5 Å². The van der Waals surface area contributed by atoms with Crippen molar-refractivity contribution in [2.45, 2.75) is 45.8 Å².